The molecule has 1 N–H and O–H groups in total. The maximum absolute atomic E-state index is 12.6. The molecule has 0 bridgehead atoms. The molecule has 0 aromatic carbocycles. The molecule has 2 fully saturated rings. The van der Waals surface area contributed by atoms with Gasteiger partial charge < -0.3 is 14.2 Å². The van der Waals surface area contributed by atoms with Crippen LogP contribution in [0.15, 0.2) is 29.1 Å². The van der Waals surface area contributed by atoms with Crippen molar-refractivity contribution in [3.05, 3.63) is 35.9 Å². The number of hydrogen-bond donors (Lipinski definition) is 1. The smallest absolute Gasteiger partial charge is 0.323 e. The van der Waals surface area contributed by atoms with E-state index in [4.69, 9.17) is 4.42 Å². The fourth-order valence-corrected chi connectivity index (χ4v) is 3.27. The number of aromatic nitrogens is 2. The van der Waals surface area contributed by atoms with Crippen molar-refractivity contribution in [1.82, 2.24) is 19.6 Å². The second-order valence-corrected chi connectivity index (χ2v) is 6.93. The number of nitrogens with one attached hydrogen (secondary N) is 1. The molecule has 0 radical (unpaired) electrons. The average Bonchev–Trinajstić information content (AvgIpc) is 3.30. The predicted molar refractivity (Wildman–Crippen MR) is 95.0 cm³/mol. The molecule has 8 nitrogen and oxygen atoms in total. The van der Waals surface area contributed by atoms with Gasteiger partial charge in [0.15, 0.2) is 0 Å². The first-order chi connectivity index (χ1) is 12.6. The van der Waals surface area contributed by atoms with Gasteiger partial charge in [-0.2, -0.15) is 5.10 Å². The summed E-state index contributed by atoms with van der Waals surface area (Å²) in [5.74, 6) is 1.21. The Morgan fingerprint density at radius 3 is 2.69 bits per heavy atom. The zero-order chi connectivity index (χ0) is 18.1. The van der Waals surface area contributed by atoms with Gasteiger partial charge in [-0.05, 0) is 25.3 Å². The zero-order valence-electron chi connectivity index (χ0n) is 14.9. The van der Waals surface area contributed by atoms with E-state index < -0.39 is 0 Å². The molecule has 138 valence electrons. The van der Waals surface area contributed by atoms with E-state index in [0.29, 0.717) is 43.5 Å². The van der Waals surface area contributed by atoms with Crippen molar-refractivity contribution < 1.29 is 14.0 Å². The Labute approximate surface area is 151 Å². The Bertz CT molecular complexity index is 794. The molecule has 3 heterocycles. The lowest BCUT2D eigenvalue weighted by molar-refractivity contribution is 0.0762. The molecular formula is C18H23N5O3. The quantitative estimate of drug-likeness (QED) is 0.913. The van der Waals surface area contributed by atoms with Crippen molar-refractivity contribution in [2.45, 2.75) is 25.2 Å². The van der Waals surface area contributed by atoms with Gasteiger partial charge >= 0.3 is 6.03 Å². The first-order valence-corrected chi connectivity index (χ1v) is 9.03. The highest BCUT2D eigenvalue weighted by molar-refractivity contribution is 5.94. The Balaban J connectivity index is 1.36. The Morgan fingerprint density at radius 2 is 1.96 bits per heavy atom. The number of nitrogens with zero attached hydrogens (tertiary/aromatic N) is 4. The molecule has 2 aromatic rings. The topological polar surface area (TPSA) is 83.6 Å². The molecule has 2 aromatic heterocycles. The monoisotopic (exact) mass is 357 g/mol. The summed E-state index contributed by atoms with van der Waals surface area (Å²) in [6.07, 6.45) is 6.05. The van der Waals surface area contributed by atoms with E-state index in [1.807, 2.05) is 13.1 Å². The summed E-state index contributed by atoms with van der Waals surface area (Å²) in [5, 5.41) is 7.43. The van der Waals surface area contributed by atoms with Crippen LogP contribution in [0, 0.1) is 0 Å². The number of aryl methyl sites for hydroxylation is 1. The van der Waals surface area contributed by atoms with Crippen LogP contribution in [0.1, 0.15) is 41.2 Å². The third-order valence-electron chi connectivity index (χ3n) is 4.97. The molecule has 1 saturated carbocycles. The number of urea groups is 1. The molecule has 1 saturated heterocycles. The van der Waals surface area contributed by atoms with Gasteiger partial charge in [0.05, 0.1) is 17.5 Å². The maximum atomic E-state index is 12.6. The zero-order valence-corrected chi connectivity index (χ0v) is 14.9. The largest absolute Gasteiger partial charge is 0.472 e. The number of carbonyl (C=O) groups is 2. The van der Waals surface area contributed by atoms with Crippen LogP contribution in [-0.4, -0.2) is 57.7 Å². The molecule has 0 atom stereocenters. The lowest BCUT2D eigenvalue weighted by atomic mass is 10.3. The van der Waals surface area contributed by atoms with Crippen molar-refractivity contribution in [2.75, 3.05) is 31.5 Å². The highest BCUT2D eigenvalue weighted by Gasteiger charge is 2.28. The minimum atomic E-state index is -0.145. The SMILES string of the molecule is Cn1nc(C2CC2)cc1NC(=O)N1CCCN(C(=O)c2ccoc2)CC1. The molecule has 0 spiro atoms. The van der Waals surface area contributed by atoms with Crippen LogP contribution in [0.4, 0.5) is 10.6 Å². The number of furan rings is 1. The molecule has 4 rings (SSSR count). The third kappa shape index (κ3) is 3.44. The van der Waals surface area contributed by atoms with Gasteiger partial charge in [0, 0.05) is 45.2 Å². The fourth-order valence-electron chi connectivity index (χ4n) is 3.27. The van der Waals surface area contributed by atoms with E-state index in [9.17, 15) is 9.59 Å². The lowest BCUT2D eigenvalue weighted by Crippen LogP contribution is -2.39. The summed E-state index contributed by atoms with van der Waals surface area (Å²) in [5.41, 5.74) is 1.60. The number of carbonyl (C=O) groups excluding carboxylic acids is 2. The fraction of sp³-hybridized carbons (Fsp3) is 0.500. The molecule has 3 amide bonds. The van der Waals surface area contributed by atoms with Crippen LogP contribution < -0.4 is 5.32 Å². The molecule has 26 heavy (non-hydrogen) atoms. The molecule has 1 aliphatic heterocycles. The second-order valence-electron chi connectivity index (χ2n) is 6.93. The van der Waals surface area contributed by atoms with Crippen molar-refractivity contribution in [1.29, 1.82) is 0 Å². The van der Waals surface area contributed by atoms with Gasteiger partial charge in [-0.15, -0.1) is 0 Å². The molecule has 1 aliphatic carbocycles. The third-order valence-corrected chi connectivity index (χ3v) is 4.97. The van der Waals surface area contributed by atoms with Crippen LogP contribution in [0.25, 0.3) is 0 Å². The van der Waals surface area contributed by atoms with Crippen LogP contribution >= 0.6 is 0 Å². The molecular weight excluding hydrogens is 334 g/mol. The van der Waals surface area contributed by atoms with Crippen LogP contribution in [-0.2, 0) is 7.05 Å². The average molecular weight is 357 g/mol. The van der Waals surface area contributed by atoms with E-state index in [2.05, 4.69) is 10.4 Å². The van der Waals surface area contributed by atoms with Crippen molar-refractivity contribution in [3.63, 3.8) is 0 Å². The van der Waals surface area contributed by atoms with Crippen LogP contribution in [0.5, 0.6) is 0 Å². The molecule has 2 aliphatic rings. The van der Waals surface area contributed by atoms with E-state index in [0.717, 1.165) is 12.1 Å². The van der Waals surface area contributed by atoms with Gasteiger partial charge in [0.25, 0.3) is 5.91 Å². The molecule has 8 heteroatoms. The molecule has 0 unspecified atom stereocenters. The summed E-state index contributed by atoms with van der Waals surface area (Å²) in [6.45, 7) is 2.26. The summed E-state index contributed by atoms with van der Waals surface area (Å²) >= 11 is 0. The van der Waals surface area contributed by atoms with E-state index in [1.54, 1.807) is 20.5 Å². The van der Waals surface area contributed by atoms with Gasteiger partial charge in [0.2, 0.25) is 0 Å². The van der Waals surface area contributed by atoms with E-state index in [1.165, 1.54) is 25.4 Å². The number of anilines is 1. The second kappa shape index (κ2) is 6.86. The predicted octanol–water partition coefficient (Wildman–Crippen LogP) is 2.27. The normalized spacial score (nSPS) is 17.9. The van der Waals surface area contributed by atoms with Gasteiger partial charge in [-0.1, -0.05) is 0 Å². The minimum absolute atomic E-state index is 0.0540. The van der Waals surface area contributed by atoms with E-state index in [-0.39, 0.29) is 11.9 Å². The highest BCUT2D eigenvalue weighted by atomic mass is 16.3. The van der Waals surface area contributed by atoms with E-state index >= 15 is 0 Å². The summed E-state index contributed by atoms with van der Waals surface area (Å²) in [6, 6.07) is 3.48. The first-order valence-electron chi connectivity index (χ1n) is 9.03. The summed E-state index contributed by atoms with van der Waals surface area (Å²) in [7, 11) is 1.84. The Hall–Kier alpha value is -2.77. The standard InChI is InChI=1S/C18H23N5O3/c1-21-16(11-15(20-21)13-3-4-13)19-18(25)23-7-2-6-22(8-9-23)17(24)14-5-10-26-12-14/h5,10-13H,2-4,6-9H2,1H3,(H,19,25). The van der Waals surface area contributed by atoms with Crippen molar-refractivity contribution >= 4 is 17.8 Å². The minimum Gasteiger partial charge on any atom is -0.472 e. The summed E-state index contributed by atoms with van der Waals surface area (Å²) < 4.78 is 6.71. The summed E-state index contributed by atoms with van der Waals surface area (Å²) in [4.78, 5) is 28.6. The first kappa shape index (κ1) is 16.7. The van der Waals surface area contributed by atoms with Gasteiger partial charge in [-0.25, -0.2) is 4.79 Å². The van der Waals surface area contributed by atoms with Crippen LogP contribution in [0.3, 0.4) is 0 Å². The van der Waals surface area contributed by atoms with Crippen molar-refractivity contribution in [2.24, 2.45) is 7.05 Å². The number of rotatable bonds is 3. The Morgan fingerprint density at radius 1 is 1.19 bits per heavy atom. The maximum Gasteiger partial charge on any atom is 0.323 e. The van der Waals surface area contributed by atoms with Crippen LogP contribution in [0.2, 0.25) is 0 Å². The van der Waals surface area contributed by atoms with Gasteiger partial charge in [0.1, 0.15) is 12.1 Å². The Kier molecular flexibility index (Phi) is 4.40. The highest BCUT2D eigenvalue weighted by Crippen LogP contribution is 2.39. The lowest BCUT2D eigenvalue weighted by Gasteiger charge is -2.22. The van der Waals surface area contributed by atoms with Gasteiger partial charge in [-0.3, -0.25) is 14.8 Å². The number of amides is 3. The number of hydrogen-bond acceptors (Lipinski definition) is 4. The van der Waals surface area contributed by atoms with Crippen molar-refractivity contribution in [3.8, 4) is 0 Å².